The summed E-state index contributed by atoms with van der Waals surface area (Å²) in [5.41, 5.74) is 2.36. The SMILES string of the molecule is CC(C)[Si]1(C(C)C)C(C)C2CC(F)(F)C(=O)c3c(I)cn1c32. The minimum absolute atomic E-state index is 0.178. The predicted molar refractivity (Wildman–Crippen MR) is 94.6 cm³/mol. The molecule has 0 radical (unpaired) electrons. The van der Waals surface area contributed by atoms with E-state index < -0.39 is 19.9 Å². The largest absolute Gasteiger partial charge is 0.375 e. The fourth-order valence-electron chi connectivity index (χ4n) is 5.28. The molecule has 0 saturated carbocycles. The van der Waals surface area contributed by atoms with Crippen molar-refractivity contribution in [2.75, 3.05) is 0 Å². The second-order valence-electron chi connectivity index (χ2n) is 7.44. The van der Waals surface area contributed by atoms with Gasteiger partial charge in [0.1, 0.15) is 0 Å². The zero-order valence-electron chi connectivity index (χ0n) is 13.6. The average Bonchev–Trinajstić information content (AvgIpc) is 2.81. The Morgan fingerprint density at radius 2 is 1.86 bits per heavy atom. The fourth-order valence-corrected chi connectivity index (χ4v) is 13.3. The van der Waals surface area contributed by atoms with E-state index in [1.165, 1.54) is 0 Å². The van der Waals surface area contributed by atoms with E-state index in [1.807, 2.05) is 6.20 Å². The molecule has 1 aromatic heterocycles. The van der Waals surface area contributed by atoms with E-state index in [0.717, 1.165) is 5.69 Å². The van der Waals surface area contributed by atoms with Crippen LogP contribution in [0, 0.1) is 3.57 Å². The highest BCUT2D eigenvalue weighted by Crippen LogP contribution is 2.61. The minimum atomic E-state index is -3.21. The highest BCUT2D eigenvalue weighted by Gasteiger charge is 2.62. The van der Waals surface area contributed by atoms with Gasteiger partial charge in [0.2, 0.25) is 5.78 Å². The van der Waals surface area contributed by atoms with Crippen LogP contribution in [0.3, 0.4) is 0 Å². The first kappa shape index (κ1) is 16.6. The van der Waals surface area contributed by atoms with Gasteiger partial charge in [-0.05, 0) is 39.2 Å². The van der Waals surface area contributed by atoms with Gasteiger partial charge >= 0.3 is 5.92 Å². The van der Waals surface area contributed by atoms with Crippen LogP contribution in [-0.4, -0.2) is 24.2 Å². The van der Waals surface area contributed by atoms with Crippen LogP contribution >= 0.6 is 22.6 Å². The molecule has 0 saturated heterocycles. The number of carbonyl (C=O) groups excluding carboxylic acids is 1. The van der Waals surface area contributed by atoms with Crippen molar-refractivity contribution in [1.29, 1.82) is 0 Å². The van der Waals surface area contributed by atoms with Crippen LogP contribution in [0.5, 0.6) is 0 Å². The number of halogens is 3. The Hall–Kier alpha value is -0.243. The molecule has 0 spiro atoms. The van der Waals surface area contributed by atoms with Crippen LogP contribution in [0.1, 0.15) is 63.0 Å². The molecule has 2 aliphatic rings. The van der Waals surface area contributed by atoms with Crippen molar-refractivity contribution in [3.05, 3.63) is 21.0 Å². The number of alkyl halides is 2. The lowest BCUT2D eigenvalue weighted by Gasteiger charge is -2.42. The first-order chi connectivity index (χ1) is 10.1. The van der Waals surface area contributed by atoms with E-state index in [4.69, 9.17) is 0 Å². The second kappa shape index (κ2) is 4.88. The number of hydrogen-bond donors (Lipinski definition) is 0. The first-order valence-corrected chi connectivity index (χ1v) is 11.2. The van der Waals surface area contributed by atoms with Gasteiger partial charge in [-0.3, -0.25) is 4.79 Å². The van der Waals surface area contributed by atoms with Crippen molar-refractivity contribution >= 4 is 36.6 Å². The molecule has 0 N–H and O–H groups in total. The lowest BCUT2D eigenvalue weighted by Crippen LogP contribution is -2.49. The third-order valence-electron chi connectivity index (χ3n) is 5.98. The van der Waals surface area contributed by atoms with E-state index in [0.29, 0.717) is 20.2 Å². The summed E-state index contributed by atoms with van der Waals surface area (Å²) in [7, 11) is -2.03. The van der Waals surface area contributed by atoms with E-state index in [-0.39, 0.29) is 17.9 Å². The number of rotatable bonds is 2. The third kappa shape index (κ3) is 1.76. The Balaban J connectivity index is 2.33. The van der Waals surface area contributed by atoms with E-state index >= 15 is 0 Å². The maximum atomic E-state index is 14.3. The molecule has 0 amide bonds. The minimum Gasteiger partial charge on any atom is -0.375 e. The molecule has 1 aromatic rings. The molecule has 2 unspecified atom stereocenters. The molecule has 6 heteroatoms. The smallest absolute Gasteiger partial charge is 0.310 e. The molecule has 2 heterocycles. The first-order valence-electron chi connectivity index (χ1n) is 7.90. The molecule has 0 fully saturated rings. The summed E-state index contributed by atoms with van der Waals surface area (Å²) < 4.78 is 31.6. The Labute approximate surface area is 144 Å². The quantitative estimate of drug-likeness (QED) is 0.448. The Kier molecular flexibility index (Phi) is 3.68. The lowest BCUT2D eigenvalue weighted by molar-refractivity contribution is -0.00374. The van der Waals surface area contributed by atoms with Crippen LogP contribution in [-0.2, 0) is 0 Å². The van der Waals surface area contributed by atoms with Crippen LogP contribution in [0.25, 0.3) is 0 Å². The highest BCUT2D eigenvalue weighted by molar-refractivity contribution is 14.1. The second-order valence-corrected chi connectivity index (χ2v) is 14.1. The normalized spacial score (nSPS) is 28.5. The number of ketones is 1. The van der Waals surface area contributed by atoms with Crippen molar-refractivity contribution in [3.8, 4) is 0 Å². The maximum Gasteiger partial charge on any atom is 0.310 e. The van der Waals surface area contributed by atoms with Gasteiger partial charge in [0.15, 0.2) is 8.24 Å². The number of Topliss-reactive ketones (excluding diaryl/α,β-unsaturated/α-hetero) is 1. The molecule has 122 valence electrons. The van der Waals surface area contributed by atoms with E-state index in [2.05, 4.69) is 61.4 Å². The summed E-state index contributed by atoms with van der Waals surface area (Å²) >= 11 is 2.06. The lowest BCUT2D eigenvalue weighted by atomic mass is 9.83. The highest BCUT2D eigenvalue weighted by atomic mass is 127. The van der Waals surface area contributed by atoms with Crippen molar-refractivity contribution in [3.63, 3.8) is 0 Å². The zero-order valence-corrected chi connectivity index (χ0v) is 16.7. The summed E-state index contributed by atoms with van der Waals surface area (Å²) in [6, 6.07) is 0. The molecule has 1 aliphatic heterocycles. The van der Waals surface area contributed by atoms with Gasteiger partial charge in [-0.1, -0.05) is 34.6 Å². The van der Waals surface area contributed by atoms with Gasteiger partial charge in [0.05, 0.1) is 5.56 Å². The van der Waals surface area contributed by atoms with Crippen molar-refractivity contribution < 1.29 is 13.6 Å². The van der Waals surface area contributed by atoms with Crippen molar-refractivity contribution in [2.45, 2.75) is 69.5 Å². The molecule has 3 rings (SSSR count). The summed E-state index contributed by atoms with van der Waals surface area (Å²) in [6.07, 6.45) is 1.68. The van der Waals surface area contributed by atoms with Gasteiger partial charge in [-0.15, -0.1) is 0 Å². The molecule has 2 nitrogen and oxygen atoms in total. The summed E-state index contributed by atoms with van der Waals surface area (Å²) in [5.74, 6) is -4.36. The number of carbonyl (C=O) groups is 1. The predicted octanol–water partition coefficient (Wildman–Crippen LogP) is 5.42. The number of nitrogens with zero attached hydrogens (tertiary/aromatic N) is 1. The van der Waals surface area contributed by atoms with Crippen molar-refractivity contribution in [1.82, 2.24) is 4.23 Å². The summed E-state index contributed by atoms with van der Waals surface area (Å²) in [6.45, 7) is 11.0. The molecule has 1 aliphatic carbocycles. The molecule has 0 aromatic carbocycles. The van der Waals surface area contributed by atoms with Gasteiger partial charge in [0, 0.05) is 27.8 Å². The van der Waals surface area contributed by atoms with E-state index in [9.17, 15) is 13.6 Å². The Bertz CT molecular complexity index is 645. The standard InChI is InChI=1S/C16H22F2INOSi/c1-8(2)22(9(3)4)10(5)11-6-16(17,18)15(21)13-12(19)7-20(22)14(11)13/h7-11H,6H2,1-5H3. The van der Waals surface area contributed by atoms with Crippen LogP contribution in [0.4, 0.5) is 8.78 Å². The van der Waals surface area contributed by atoms with Crippen LogP contribution in [0.2, 0.25) is 16.6 Å². The molecule has 0 bridgehead atoms. The van der Waals surface area contributed by atoms with Crippen molar-refractivity contribution in [2.24, 2.45) is 0 Å². The number of aromatic nitrogens is 1. The monoisotopic (exact) mass is 437 g/mol. The van der Waals surface area contributed by atoms with E-state index in [1.54, 1.807) is 0 Å². The molecular weight excluding hydrogens is 415 g/mol. The van der Waals surface area contributed by atoms with Gasteiger partial charge in [0.25, 0.3) is 0 Å². The van der Waals surface area contributed by atoms with Crippen LogP contribution in [0.15, 0.2) is 6.20 Å². The Morgan fingerprint density at radius 1 is 1.32 bits per heavy atom. The summed E-state index contributed by atoms with van der Waals surface area (Å²) in [4.78, 5) is 12.3. The third-order valence-corrected chi connectivity index (χ3v) is 13.6. The fraction of sp³-hybridized carbons (Fsp3) is 0.688. The van der Waals surface area contributed by atoms with Gasteiger partial charge in [-0.25, -0.2) is 0 Å². The molecule has 2 atom stereocenters. The maximum absolute atomic E-state index is 14.3. The number of hydrogen-bond acceptors (Lipinski definition) is 1. The average molecular weight is 437 g/mol. The molecule has 22 heavy (non-hydrogen) atoms. The van der Waals surface area contributed by atoms with Crippen LogP contribution < -0.4 is 0 Å². The summed E-state index contributed by atoms with van der Waals surface area (Å²) in [5, 5.41) is 0. The molecular formula is C16H22F2INOSi. The zero-order chi connectivity index (χ0) is 16.6. The van der Waals surface area contributed by atoms with Gasteiger partial charge < -0.3 is 4.23 Å². The van der Waals surface area contributed by atoms with Gasteiger partial charge in [-0.2, -0.15) is 8.78 Å². The Morgan fingerprint density at radius 3 is 2.36 bits per heavy atom. The topological polar surface area (TPSA) is 22.0 Å².